The Morgan fingerprint density at radius 2 is 2.09 bits per heavy atom. The van der Waals surface area contributed by atoms with Crippen LogP contribution in [0, 0.1) is 20.3 Å². The van der Waals surface area contributed by atoms with Gasteiger partial charge in [0.05, 0.1) is 3.57 Å². The lowest BCUT2D eigenvalue weighted by Gasteiger charge is -2.43. The second-order valence-corrected chi connectivity index (χ2v) is 8.91. The first-order valence-corrected chi connectivity index (χ1v) is 9.33. The van der Waals surface area contributed by atoms with E-state index < -0.39 is 0 Å². The van der Waals surface area contributed by atoms with E-state index in [1.54, 1.807) is 5.57 Å². The summed E-state index contributed by atoms with van der Waals surface area (Å²) in [6, 6.07) is 4.11. The highest BCUT2D eigenvalue weighted by Gasteiger charge is 2.74. The molecule has 2 unspecified atom stereocenters. The zero-order valence-electron chi connectivity index (χ0n) is 12.7. The first-order chi connectivity index (χ1) is 10.5. The van der Waals surface area contributed by atoms with Crippen molar-refractivity contribution in [3.8, 4) is 5.75 Å². The van der Waals surface area contributed by atoms with Gasteiger partial charge >= 0.3 is 0 Å². The summed E-state index contributed by atoms with van der Waals surface area (Å²) in [4.78, 5) is 12.5. The minimum absolute atomic E-state index is 0.0852. The van der Waals surface area contributed by atoms with Crippen LogP contribution < -0.4 is 0 Å². The summed E-state index contributed by atoms with van der Waals surface area (Å²) in [5.41, 5.74) is 5.87. The molecule has 0 heterocycles. The molecule has 5 rings (SSSR count). The van der Waals surface area contributed by atoms with Gasteiger partial charge in [-0.1, -0.05) is 12.5 Å². The number of carbonyl (C=O) groups excluding carboxylic acids is 1. The van der Waals surface area contributed by atoms with Crippen molar-refractivity contribution in [1.29, 1.82) is 0 Å². The molecule has 1 spiro atoms. The lowest BCUT2D eigenvalue weighted by molar-refractivity contribution is -0.128. The van der Waals surface area contributed by atoms with Crippen LogP contribution in [0.1, 0.15) is 50.2 Å². The number of benzene rings is 1. The zero-order chi connectivity index (χ0) is 15.3. The van der Waals surface area contributed by atoms with Crippen molar-refractivity contribution >= 4 is 33.9 Å². The van der Waals surface area contributed by atoms with E-state index in [1.807, 2.05) is 6.07 Å². The van der Waals surface area contributed by atoms with Gasteiger partial charge in [-0.3, -0.25) is 4.79 Å². The van der Waals surface area contributed by atoms with Gasteiger partial charge in [-0.05, 0) is 89.4 Å². The molecular weight excluding hydrogens is 387 g/mol. The number of hydrogen-bond acceptors (Lipinski definition) is 2. The summed E-state index contributed by atoms with van der Waals surface area (Å²) >= 11 is 2.22. The Kier molecular flexibility index (Phi) is 2.45. The predicted octanol–water partition coefficient (Wildman–Crippen LogP) is 4.48. The molecule has 1 N–H and O–H groups in total. The Morgan fingerprint density at radius 1 is 1.27 bits per heavy atom. The monoisotopic (exact) mass is 406 g/mol. The van der Waals surface area contributed by atoms with E-state index in [4.69, 9.17) is 0 Å². The summed E-state index contributed by atoms with van der Waals surface area (Å²) in [5.74, 6) is 1.54. The number of aromatic hydroxyl groups is 1. The SMILES string of the molecule is C[C@]12CCC3=C(CCc4cc(O)c(I)cc43)C13CC3CC2=O. The van der Waals surface area contributed by atoms with E-state index in [-0.39, 0.29) is 10.8 Å². The fourth-order valence-electron chi connectivity index (χ4n) is 5.83. The van der Waals surface area contributed by atoms with E-state index in [9.17, 15) is 9.90 Å². The number of fused-ring (bicyclic) bond motifs is 2. The topological polar surface area (TPSA) is 37.3 Å². The summed E-state index contributed by atoms with van der Waals surface area (Å²) < 4.78 is 0.936. The fraction of sp³-hybridized carbons (Fsp3) is 0.526. The molecule has 0 radical (unpaired) electrons. The minimum Gasteiger partial charge on any atom is -0.507 e. The average molecular weight is 406 g/mol. The molecule has 4 aliphatic rings. The van der Waals surface area contributed by atoms with Crippen LogP contribution >= 0.6 is 22.6 Å². The molecule has 1 aromatic carbocycles. The van der Waals surface area contributed by atoms with Crippen LogP contribution in [-0.4, -0.2) is 10.9 Å². The van der Waals surface area contributed by atoms with Crippen molar-refractivity contribution in [3.05, 3.63) is 32.4 Å². The van der Waals surface area contributed by atoms with Crippen molar-refractivity contribution in [1.82, 2.24) is 0 Å². The summed E-state index contributed by atoms with van der Waals surface area (Å²) in [5, 5.41) is 9.99. The van der Waals surface area contributed by atoms with Gasteiger partial charge in [-0.25, -0.2) is 0 Å². The highest BCUT2D eigenvalue weighted by atomic mass is 127. The van der Waals surface area contributed by atoms with Gasteiger partial charge in [-0.2, -0.15) is 0 Å². The van der Waals surface area contributed by atoms with Crippen LogP contribution in [0.15, 0.2) is 17.7 Å². The van der Waals surface area contributed by atoms with Crippen LogP contribution in [0.2, 0.25) is 0 Å². The molecule has 1 aromatic rings. The normalized spacial score (nSPS) is 38.3. The minimum atomic E-state index is -0.0852. The lowest BCUT2D eigenvalue weighted by Crippen LogP contribution is -2.38. The van der Waals surface area contributed by atoms with Crippen molar-refractivity contribution in [3.63, 3.8) is 0 Å². The van der Waals surface area contributed by atoms with Gasteiger partial charge in [0.25, 0.3) is 0 Å². The highest BCUT2D eigenvalue weighted by molar-refractivity contribution is 14.1. The molecule has 0 amide bonds. The van der Waals surface area contributed by atoms with Crippen LogP contribution in [0.5, 0.6) is 5.75 Å². The van der Waals surface area contributed by atoms with E-state index >= 15 is 0 Å². The van der Waals surface area contributed by atoms with Crippen molar-refractivity contribution in [2.75, 3.05) is 0 Å². The van der Waals surface area contributed by atoms with E-state index in [0.717, 1.165) is 35.7 Å². The number of allylic oxidation sites excluding steroid dienone is 2. The number of halogens is 1. The number of phenolic OH excluding ortho intramolecular Hbond substituents is 1. The van der Waals surface area contributed by atoms with E-state index in [2.05, 4.69) is 35.6 Å². The number of phenols is 1. The Hall–Kier alpha value is -0.840. The molecule has 0 bridgehead atoms. The third kappa shape index (κ3) is 1.36. The molecule has 114 valence electrons. The van der Waals surface area contributed by atoms with Crippen molar-refractivity contribution < 1.29 is 9.90 Å². The lowest BCUT2D eigenvalue weighted by atomic mass is 9.59. The molecule has 2 nitrogen and oxygen atoms in total. The third-order valence-corrected chi connectivity index (χ3v) is 7.92. The van der Waals surface area contributed by atoms with E-state index in [0.29, 0.717) is 17.5 Å². The maximum absolute atomic E-state index is 12.5. The van der Waals surface area contributed by atoms with Crippen LogP contribution in [-0.2, 0) is 11.2 Å². The van der Waals surface area contributed by atoms with Crippen LogP contribution in [0.25, 0.3) is 5.57 Å². The molecule has 4 aliphatic carbocycles. The third-order valence-electron chi connectivity index (χ3n) is 7.06. The summed E-state index contributed by atoms with van der Waals surface area (Å²) in [6.45, 7) is 2.24. The first kappa shape index (κ1) is 13.6. The Labute approximate surface area is 144 Å². The summed E-state index contributed by atoms with van der Waals surface area (Å²) in [7, 11) is 0. The molecule has 0 aliphatic heterocycles. The standard InChI is InChI=1S/C19H19IO2/c1-18-5-4-12-13-8-15(20)16(21)6-10(13)2-3-14(12)19(18)9-11(19)7-17(18)22/h6,8,11,21H,2-5,7,9H2,1H3/t11?,18-,19?/m1/s1. The molecule has 3 heteroatoms. The maximum atomic E-state index is 12.5. The smallest absolute Gasteiger partial charge is 0.139 e. The van der Waals surface area contributed by atoms with Crippen molar-refractivity contribution in [2.45, 2.75) is 45.4 Å². The number of carbonyl (C=O) groups is 1. The predicted molar refractivity (Wildman–Crippen MR) is 93.6 cm³/mol. The largest absolute Gasteiger partial charge is 0.507 e. The van der Waals surface area contributed by atoms with Crippen LogP contribution in [0.4, 0.5) is 0 Å². The summed E-state index contributed by atoms with van der Waals surface area (Å²) in [6.07, 6.45) is 6.18. The number of hydrogen-bond donors (Lipinski definition) is 1. The van der Waals surface area contributed by atoms with E-state index in [1.165, 1.54) is 23.1 Å². The highest BCUT2D eigenvalue weighted by Crippen LogP contribution is 2.78. The fourth-order valence-corrected chi connectivity index (χ4v) is 6.30. The Balaban J connectivity index is 1.73. The van der Waals surface area contributed by atoms with Gasteiger partial charge < -0.3 is 5.11 Å². The van der Waals surface area contributed by atoms with Gasteiger partial charge in [0.2, 0.25) is 0 Å². The van der Waals surface area contributed by atoms with Gasteiger partial charge in [0.1, 0.15) is 11.5 Å². The van der Waals surface area contributed by atoms with Gasteiger partial charge in [-0.15, -0.1) is 0 Å². The number of ketones is 1. The number of Topliss-reactive ketones (excluding diaryl/α,β-unsaturated/α-hetero) is 1. The van der Waals surface area contributed by atoms with Crippen LogP contribution in [0.3, 0.4) is 0 Å². The molecular formula is C19H19IO2. The molecule has 0 saturated heterocycles. The molecule has 22 heavy (non-hydrogen) atoms. The Morgan fingerprint density at radius 3 is 2.91 bits per heavy atom. The average Bonchev–Trinajstić information content (AvgIpc) is 3.14. The molecule has 2 fully saturated rings. The molecule has 2 saturated carbocycles. The van der Waals surface area contributed by atoms with Crippen molar-refractivity contribution in [2.24, 2.45) is 16.7 Å². The number of aryl methyl sites for hydroxylation is 1. The zero-order valence-corrected chi connectivity index (χ0v) is 14.9. The maximum Gasteiger partial charge on any atom is 0.139 e. The van der Waals surface area contributed by atoms with Gasteiger partial charge in [0, 0.05) is 17.3 Å². The quantitative estimate of drug-likeness (QED) is 0.646. The molecule has 0 aromatic heterocycles. The first-order valence-electron chi connectivity index (χ1n) is 8.25. The number of rotatable bonds is 0. The van der Waals surface area contributed by atoms with Gasteiger partial charge in [0.15, 0.2) is 0 Å². The second-order valence-electron chi connectivity index (χ2n) is 7.75. The molecule has 3 atom stereocenters. The second kappa shape index (κ2) is 3.97. The Bertz CT molecular complexity index is 778.